The molecule has 7 heteroatoms. The molecule has 0 N–H and O–H groups in total. The minimum atomic E-state index is 0.482. The molecule has 2 aromatic heterocycles. The van der Waals surface area contributed by atoms with Crippen molar-refractivity contribution < 1.29 is 4.74 Å². The molecule has 0 aliphatic carbocycles. The lowest BCUT2D eigenvalue weighted by Gasteiger charge is -2.40. The molecule has 7 nitrogen and oxygen atoms in total. The first-order valence-electron chi connectivity index (χ1n) is 7.31. The number of ether oxygens (including phenoxy) is 1. The Morgan fingerprint density at radius 2 is 2.19 bits per heavy atom. The van der Waals surface area contributed by atoms with Crippen LogP contribution >= 0.6 is 0 Å². The van der Waals surface area contributed by atoms with E-state index in [0.29, 0.717) is 6.04 Å². The van der Waals surface area contributed by atoms with Crippen LogP contribution < -0.4 is 4.90 Å². The van der Waals surface area contributed by atoms with Crippen molar-refractivity contribution in [3.8, 4) is 0 Å². The first-order chi connectivity index (χ1) is 10.2. The molecule has 2 aromatic rings. The van der Waals surface area contributed by atoms with Gasteiger partial charge in [-0.3, -0.25) is 9.58 Å². The third kappa shape index (κ3) is 2.71. The molecular weight excluding hydrogens is 268 g/mol. The summed E-state index contributed by atoms with van der Waals surface area (Å²) < 4.78 is 6.97. The summed E-state index contributed by atoms with van der Waals surface area (Å²) in [4.78, 5) is 13.6. The Labute approximate surface area is 124 Å². The van der Waals surface area contributed by atoms with E-state index in [0.717, 1.165) is 49.6 Å². The van der Waals surface area contributed by atoms with Gasteiger partial charge in [0.2, 0.25) is 0 Å². The van der Waals surface area contributed by atoms with Crippen molar-refractivity contribution in [1.82, 2.24) is 24.6 Å². The van der Waals surface area contributed by atoms with E-state index in [1.165, 1.54) is 0 Å². The summed E-state index contributed by atoms with van der Waals surface area (Å²) in [5.74, 6) is 0.992. The van der Waals surface area contributed by atoms with Crippen LogP contribution in [0.25, 0.3) is 11.0 Å². The van der Waals surface area contributed by atoms with Gasteiger partial charge in [-0.25, -0.2) is 9.97 Å². The minimum Gasteiger partial charge on any atom is -0.383 e. The number of methoxy groups -OCH3 is 1. The van der Waals surface area contributed by atoms with E-state index >= 15 is 0 Å². The smallest absolute Gasteiger partial charge is 0.163 e. The lowest BCUT2D eigenvalue weighted by Crippen LogP contribution is -2.53. The number of nitrogens with zero attached hydrogens (tertiary/aromatic N) is 6. The Bertz CT molecular complexity index is 613. The second-order valence-electron chi connectivity index (χ2n) is 5.53. The lowest BCUT2D eigenvalue weighted by molar-refractivity contribution is 0.117. The summed E-state index contributed by atoms with van der Waals surface area (Å²) in [7, 11) is 3.66. The average Bonchev–Trinajstić information content (AvgIpc) is 2.88. The van der Waals surface area contributed by atoms with Crippen molar-refractivity contribution in [3.63, 3.8) is 0 Å². The molecule has 1 unspecified atom stereocenters. The molecule has 1 atom stereocenters. The predicted octanol–water partition coefficient (Wildman–Crippen LogP) is 0.520. The van der Waals surface area contributed by atoms with Gasteiger partial charge in [0.15, 0.2) is 5.65 Å². The molecule has 0 saturated carbocycles. The van der Waals surface area contributed by atoms with Gasteiger partial charge in [0.1, 0.15) is 12.1 Å². The fraction of sp³-hybridized carbons (Fsp3) is 0.643. The van der Waals surface area contributed by atoms with Gasteiger partial charge in [-0.1, -0.05) is 0 Å². The summed E-state index contributed by atoms with van der Waals surface area (Å²) in [5, 5.41) is 5.31. The Hall–Kier alpha value is -1.73. The normalized spacial score (nSPS) is 20.3. The Morgan fingerprint density at radius 1 is 1.33 bits per heavy atom. The molecule has 0 radical (unpaired) electrons. The van der Waals surface area contributed by atoms with Gasteiger partial charge < -0.3 is 9.64 Å². The van der Waals surface area contributed by atoms with Gasteiger partial charge in [-0.2, -0.15) is 5.10 Å². The molecule has 114 valence electrons. The third-order valence-electron chi connectivity index (χ3n) is 4.16. The van der Waals surface area contributed by atoms with Crippen molar-refractivity contribution in [1.29, 1.82) is 0 Å². The third-order valence-corrected chi connectivity index (χ3v) is 4.16. The predicted molar refractivity (Wildman–Crippen MR) is 81.4 cm³/mol. The van der Waals surface area contributed by atoms with Crippen molar-refractivity contribution in [2.75, 3.05) is 44.8 Å². The summed E-state index contributed by atoms with van der Waals surface area (Å²) >= 11 is 0. The molecule has 3 heterocycles. The van der Waals surface area contributed by atoms with E-state index in [4.69, 9.17) is 4.74 Å². The monoisotopic (exact) mass is 290 g/mol. The molecule has 0 spiro atoms. The number of fused-ring (bicyclic) bond motifs is 1. The van der Waals surface area contributed by atoms with Crippen LogP contribution in [0, 0.1) is 0 Å². The van der Waals surface area contributed by atoms with Crippen LogP contribution in [0.1, 0.15) is 6.92 Å². The van der Waals surface area contributed by atoms with Crippen LogP contribution in [0.5, 0.6) is 0 Å². The topological polar surface area (TPSA) is 59.3 Å². The van der Waals surface area contributed by atoms with E-state index in [1.54, 1.807) is 18.1 Å². The maximum Gasteiger partial charge on any atom is 0.163 e. The molecule has 3 rings (SSSR count). The Kier molecular flexibility index (Phi) is 4.03. The minimum absolute atomic E-state index is 0.482. The molecular formula is C14H22N6O. The molecule has 0 aromatic carbocycles. The van der Waals surface area contributed by atoms with Crippen LogP contribution in [0.3, 0.4) is 0 Å². The van der Waals surface area contributed by atoms with E-state index in [1.807, 2.05) is 13.2 Å². The van der Waals surface area contributed by atoms with E-state index < -0.39 is 0 Å². The fourth-order valence-electron chi connectivity index (χ4n) is 2.93. The zero-order valence-corrected chi connectivity index (χ0v) is 12.9. The van der Waals surface area contributed by atoms with Crippen molar-refractivity contribution >= 4 is 16.9 Å². The largest absolute Gasteiger partial charge is 0.383 e. The highest BCUT2D eigenvalue weighted by Gasteiger charge is 2.25. The van der Waals surface area contributed by atoms with Crippen molar-refractivity contribution in [3.05, 3.63) is 12.5 Å². The van der Waals surface area contributed by atoms with Crippen LogP contribution in [0.15, 0.2) is 12.5 Å². The van der Waals surface area contributed by atoms with Gasteiger partial charge in [-0.15, -0.1) is 0 Å². The maximum atomic E-state index is 5.18. The number of aromatic nitrogens is 4. The molecule has 21 heavy (non-hydrogen) atoms. The van der Waals surface area contributed by atoms with Gasteiger partial charge >= 0.3 is 0 Å². The van der Waals surface area contributed by atoms with Crippen molar-refractivity contribution in [2.24, 2.45) is 7.05 Å². The van der Waals surface area contributed by atoms with Crippen LogP contribution in [0.2, 0.25) is 0 Å². The number of hydrogen-bond acceptors (Lipinski definition) is 6. The Morgan fingerprint density at radius 3 is 2.95 bits per heavy atom. The van der Waals surface area contributed by atoms with E-state index in [-0.39, 0.29) is 0 Å². The molecule has 1 fully saturated rings. The average molecular weight is 290 g/mol. The number of piperazine rings is 1. The van der Waals surface area contributed by atoms with Gasteiger partial charge in [-0.05, 0) is 6.92 Å². The van der Waals surface area contributed by atoms with E-state index in [9.17, 15) is 0 Å². The maximum absolute atomic E-state index is 5.18. The number of rotatable bonds is 4. The van der Waals surface area contributed by atoms with Crippen LogP contribution in [-0.4, -0.2) is 70.6 Å². The number of anilines is 1. The van der Waals surface area contributed by atoms with Gasteiger partial charge in [0, 0.05) is 46.4 Å². The van der Waals surface area contributed by atoms with Crippen molar-refractivity contribution in [2.45, 2.75) is 13.0 Å². The molecule has 0 bridgehead atoms. The second-order valence-corrected chi connectivity index (χ2v) is 5.53. The highest BCUT2D eigenvalue weighted by molar-refractivity contribution is 5.86. The van der Waals surface area contributed by atoms with Crippen LogP contribution in [-0.2, 0) is 11.8 Å². The SMILES string of the molecule is COCCN1CCN(c2ncnc3c2cnn3C)CC1C. The number of hydrogen-bond donors (Lipinski definition) is 0. The lowest BCUT2D eigenvalue weighted by atomic mass is 10.2. The van der Waals surface area contributed by atoms with Gasteiger partial charge in [0.05, 0.1) is 18.2 Å². The molecule has 1 aliphatic heterocycles. The fourth-order valence-corrected chi connectivity index (χ4v) is 2.93. The highest BCUT2D eigenvalue weighted by atomic mass is 16.5. The first kappa shape index (κ1) is 14.2. The summed E-state index contributed by atoms with van der Waals surface area (Å²) in [6, 6.07) is 0.482. The summed E-state index contributed by atoms with van der Waals surface area (Å²) in [5.41, 5.74) is 0.884. The van der Waals surface area contributed by atoms with Gasteiger partial charge in [0.25, 0.3) is 0 Å². The molecule has 1 saturated heterocycles. The highest BCUT2D eigenvalue weighted by Crippen LogP contribution is 2.24. The Balaban J connectivity index is 1.78. The first-order valence-corrected chi connectivity index (χ1v) is 7.31. The summed E-state index contributed by atoms with van der Waals surface area (Å²) in [6.07, 6.45) is 3.48. The standard InChI is InChI=1S/C14H22N6O/c1-11-9-20(5-4-19(11)6-7-21-3)14-12-8-17-18(2)13(12)15-10-16-14/h8,10-11H,4-7,9H2,1-3H3. The molecule has 1 aliphatic rings. The quantitative estimate of drug-likeness (QED) is 0.818. The zero-order valence-electron chi connectivity index (χ0n) is 12.9. The summed E-state index contributed by atoms with van der Waals surface area (Å²) in [6.45, 7) is 6.97. The van der Waals surface area contributed by atoms with E-state index in [2.05, 4.69) is 31.8 Å². The van der Waals surface area contributed by atoms with Crippen LogP contribution in [0.4, 0.5) is 5.82 Å². The zero-order chi connectivity index (χ0) is 14.8. The number of aryl methyl sites for hydroxylation is 1. The second kappa shape index (κ2) is 5.95. The molecule has 0 amide bonds.